The van der Waals surface area contributed by atoms with Crippen molar-refractivity contribution in [2.75, 3.05) is 4.90 Å². The molecule has 2 aromatic rings. The van der Waals surface area contributed by atoms with Gasteiger partial charge >= 0.3 is 0 Å². The number of fused-ring (bicyclic) bond motifs is 1. The van der Waals surface area contributed by atoms with Gasteiger partial charge in [-0.15, -0.1) is 0 Å². The first-order chi connectivity index (χ1) is 14.2. The van der Waals surface area contributed by atoms with Crippen LogP contribution < -0.4 is 15.3 Å². The molecule has 0 bridgehead atoms. The molecule has 0 spiro atoms. The molecule has 0 radical (unpaired) electrons. The van der Waals surface area contributed by atoms with Crippen LogP contribution in [-0.2, 0) is 14.4 Å². The van der Waals surface area contributed by atoms with Crippen molar-refractivity contribution in [3.8, 4) is 5.75 Å². The summed E-state index contributed by atoms with van der Waals surface area (Å²) >= 11 is 0. The Kier molecular flexibility index (Phi) is 4.31. The Morgan fingerprint density at radius 2 is 1.77 bits per heavy atom. The molecule has 0 aliphatic carbocycles. The van der Waals surface area contributed by atoms with Crippen LogP contribution in [-0.4, -0.2) is 33.4 Å². The molecule has 0 unspecified atom stereocenters. The lowest BCUT2D eigenvalue weighted by Crippen LogP contribution is -2.98. The monoisotopic (exact) mass is 411 g/mol. The van der Waals surface area contributed by atoms with Crippen molar-refractivity contribution in [1.29, 1.82) is 0 Å². The summed E-state index contributed by atoms with van der Waals surface area (Å²) in [5.41, 5.74) is -2.17. The van der Waals surface area contributed by atoms with E-state index >= 15 is 0 Å². The second kappa shape index (κ2) is 6.63. The number of hydrogen-bond donors (Lipinski definition) is 2. The first-order valence-corrected chi connectivity index (χ1v) is 9.15. The number of carboxylic acids is 1. The minimum Gasteiger partial charge on any atom is -0.544 e. The number of phenols is 1. The third-order valence-corrected chi connectivity index (χ3v) is 5.96. The molecule has 0 saturated carbocycles. The third kappa shape index (κ3) is 2.57. The van der Waals surface area contributed by atoms with E-state index in [1.165, 1.54) is 36.5 Å². The van der Waals surface area contributed by atoms with Gasteiger partial charge in [-0.05, 0) is 25.1 Å². The minimum absolute atomic E-state index is 0.149. The fraction of sp³-hybridized carbons (Fsp3) is 0.250. The van der Waals surface area contributed by atoms with Crippen LogP contribution in [0.5, 0.6) is 5.75 Å². The number of aromatic hydroxyl groups is 1. The van der Waals surface area contributed by atoms with Crippen molar-refractivity contribution in [3.63, 3.8) is 0 Å². The predicted octanol–water partition coefficient (Wildman–Crippen LogP) is -0.767. The van der Waals surface area contributed by atoms with E-state index in [-0.39, 0.29) is 11.4 Å². The van der Waals surface area contributed by atoms with Gasteiger partial charge < -0.3 is 20.3 Å². The van der Waals surface area contributed by atoms with E-state index in [0.717, 1.165) is 6.07 Å². The van der Waals surface area contributed by atoms with Crippen LogP contribution in [0.1, 0.15) is 18.5 Å². The molecule has 30 heavy (non-hydrogen) atoms. The maximum Gasteiger partial charge on any atom is 0.293 e. The van der Waals surface area contributed by atoms with E-state index in [0.29, 0.717) is 10.5 Å². The van der Waals surface area contributed by atoms with Gasteiger partial charge in [-0.3, -0.25) is 19.7 Å². The van der Waals surface area contributed by atoms with Gasteiger partial charge in [-0.1, -0.05) is 24.3 Å². The summed E-state index contributed by atoms with van der Waals surface area (Å²) in [7, 11) is 0. The zero-order chi connectivity index (χ0) is 21.8. The fourth-order valence-corrected chi connectivity index (χ4v) is 4.56. The molecule has 3 N–H and O–H groups in total. The van der Waals surface area contributed by atoms with Crippen molar-refractivity contribution in [2.24, 2.45) is 11.8 Å². The van der Waals surface area contributed by atoms with E-state index in [1.54, 1.807) is 18.2 Å². The summed E-state index contributed by atoms with van der Waals surface area (Å²) in [6.45, 7) is 1.29. The Morgan fingerprint density at radius 3 is 2.40 bits per heavy atom. The molecule has 10 nitrogen and oxygen atoms in total. The highest BCUT2D eigenvalue weighted by Gasteiger charge is 2.68. The Morgan fingerprint density at radius 1 is 1.13 bits per heavy atom. The molecule has 2 heterocycles. The van der Waals surface area contributed by atoms with Crippen LogP contribution in [0, 0.1) is 22.0 Å². The van der Waals surface area contributed by atoms with Gasteiger partial charge in [-0.25, -0.2) is 4.90 Å². The van der Waals surface area contributed by atoms with Crippen molar-refractivity contribution in [3.05, 3.63) is 64.2 Å². The number of amides is 2. The predicted molar refractivity (Wildman–Crippen MR) is 98.8 cm³/mol. The van der Waals surface area contributed by atoms with E-state index in [2.05, 4.69) is 0 Å². The zero-order valence-corrected chi connectivity index (χ0v) is 15.7. The van der Waals surface area contributed by atoms with Gasteiger partial charge in [0.15, 0.2) is 0 Å². The second-order valence-corrected chi connectivity index (χ2v) is 7.58. The molecule has 2 amide bonds. The molecule has 2 saturated heterocycles. The number of anilines is 1. The number of para-hydroxylation sites is 3. The number of nitrogens with two attached hydrogens (primary N) is 1. The van der Waals surface area contributed by atoms with Crippen LogP contribution in [0.2, 0.25) is 0 Å². The van der Waals surface area contributed by atoms with E-state index < -0.39 is 51.8 Å². The molecule has 4 atom stereocenters. The van der Waals surface area contributed by atoms with Crippen molar-refractivity contribution in [2.45, 2.75) is 18.5 Å². The summed E-state index contributed by atoms with van der Waals surface area (Å²) < 4.78 is 0. The molecule has 2 fully saturated rings. The average molecular weight is 411 g/mol. The largest absolute Gasteiger partial charge is 0.544 e. The average Bonchev–Trinajstić information content (AvgIpc) is 3.16. The maximum absolute atomic E-state index is 13.3. The van der Waals surface area contributed by atoms with Crippen LogP contribution in [0.25, 0.3) is 0 Å². The Bertz CT molecular complexity index is 1100. The maximum atomic E-state index is 13.3. The molecule has 4 rings (SSSR count). The number of nitro benzene ring substituents is 1. The SMILES string of the molecule is C[C@@]1(C(=O)[O-])[NH2+][C@@H](c2ccccc2O)[C@H]2C(=O)N(c3ccccc3[N+](=O)[O-])C(=O)[C@@H]21. The summed E-state index contributed by atoms with van der Waals surface area (Å²) in [6.07, 6.45) is 0. The summed E-state index contributed by atoms with van der Waals surface area (Å²) in [6, 6.07) is 10.5. The normalized spacial score (nSPS) is 27.9. The van der Waals surface area contributed by atoms with E-state index in [9.17, 15) is 34.7 Å². The van der Waals surface area contributed by atoms with Gasteiger partial charge in [0.05, 0.1) is 10.5 Å². The Labute approximate surface area is 169 Å². The lowest BCUT2D eigenvalue weighted by atomic mass is 9.80. The number of nitro groups is 1. The number of carboxylic acid groups (broad SMARTS) is 1. The number of quaternary nitrogens is 1. The van der Waals surface area contributed by atoms with Crippen molar-refractivity contribution in [1.82, 2.24) is 0 Å². The number of rotatable bonds is 4. The molecular formula is C20H17N3O7. The number of hydrogen-bond acceptors (Lipinski definition) is 7. The first-order valence-electron chi connectivity index (χ1n) is 9.15. The first kappa shape index (κ1) is 19.5. The number of carbonyl (C=O) groups is 3. The molecule has 2 aliphatic rings. The highest BCUT2D eigenvalue weighted by atomic mass is 16.6. The summed E-state index contributed by atoms with van der Waals surface area (Å²) in [4.78, 5) is 50.0. The van der Waals surface area contributed by atoms with Crippen molar-refractivity contribution >= 4 is 29.2 Å². The van der Waals surface area contributed by atoms with Gasteiger partial charge in [0.1, 0.15) is 40.8 Å². The van der Waals surface area contributed by atoms with Crippen LogP contribution in [0.3, 0.4) is 0 Å². The van der Waals surface area contributed by atoms with Gasteiger partial charge in [-0.2, -0.15) is 0 Å². The molecular weight excluding hydrogens is 394 g/mol. The highest BCUT2D eigenvalue weighted by Crippen LogP contribution is 2.47. The topological polar surface area (TPSA) is 157 Å². The number of phenolic OH excluding ortho intramolecular Hbond substituents is 1. The molecule has 10 heteroatoms. The Hall–Kier alpha value is -3.79. The lowest BCUT2D eigenvalue weighted by Gasteiger charge is -2.28. The van der Waals surface area contributed by atoms with Gasteiger partial charge in [0.2, 0.25) is 11.8 Å². The second-order valence-electron chi connectivity index (χ2n) is 7.58. The summed E-state index contributed by atoms with van der Waals surface area (Å²) in [5.74, 6) is -5.76. The van der Waals surface area contributed by atoms with Crippen LogP contribution in [0.4, 0.5) is 11.4 Å². The Balaban J connectivity index is 1.88. The number of benzene rings is 2. The van der Waals surface area contributed by atoms with Crippen molar-refractivity contribution < 1.29 is 34.8 Å². The quantitative estimate of drug-likeness (QED) is 0.380. The molecule has 154 valence electrons. The number of imide groups is 1. The summed E-state index contributed by atoms with van der Waals surface area (Å²) in [5, 5.41) is 35.0. The number of aliphatic carboxylic acids is 1. The van der Waals surface area contributed by atoms with Crippen LogP contribution in [0.15, 0.2) is 48.5 Å². The lowest BCUT2D eigenvalue weighted by molar-refractivity contribution is -0.735. The molecule has 2 aromatic carbocycles. The standard InChI is InChI=1S/C20H17N3O7/c1-20(19(27)28)15-14(16(21-20)10-6-2-5-9-13(10)24)17(25)22(18(15)26)11-7-3-4-8-12(11)23(29)30/h2-9,14-16,21,24H,1H3,(H,27,28)/t14-,15+,16-,20+/m0/s1. The number of nitrogens with zero attached hydrogens (tertiary/aromatic N) is 2. The van der Waals surface area contributed by atoms with E-state index in [1.807, 2.05) is 0 Å². The third-order valence-electron chi connectivity index (χ3n) is 5.96. The van der Waals surface area contributed by atoms with E-state index in [4.69, 9.17) is 0 Å². The van der Waals surface area contributed by atoms with Crippen LogP contribution >= 0.6 is 0 Å². The minimum atomic E-state index is -1.80. The fourth-order valence-electron chi connectivity index (χ4n) is 4.56. The molecule has 2 aliphatic heterocycles. The molecule has 0 aromatic heterocycles. The van der Waals surface area contributed by atoms with Gasteiger partial charge in [0.25, 0.3) is 5.69 Å². The smallest absolute Gasteiger partial charge is 0.293 e. The number of carbonyl (C=O) groups excluding carboxylic acids is 3. The van der Waals surface area contributed by atoms with Gasteiger partial charge in [0, 0.05) is 6.07 Å². The zero-order valence-electron chi connectivity index (χ0n) is 15.7. The highest BCUT2D eigenvalue weighted by molar-refractivity contribution is 6.24.